The Morgan fingerprint density at radius 3 is 1.69 bits per heavy atom. The van der Waals surface area contributed by atoms with Gasteiger partial charge in [-0.05, 0) is 19.3 Å². The van der Waals surface area contributed by atoms with Crippen LogP contribution in [-0.4, -0.2) is 20.6 Å². The van der Waals surface area contributed by atoms with Gasteiger partial charge in [0.25, 0.3) is 0 Å². The zero-order valence-corrected chi connectivity index (χ0v) is 10.2. The van der Waals surface area contributed by atoms with E-state index in [1.165, 1.54) is 0 Å². The van der Waals surface area contributed by atoms with Gasteiger partial charge in [0.1, 0.15) is 0 Å². The topological polar surface area (TPSA) is 46.1 Å². The van der Waals surface area contributed by atoms with Crippen LogP contribution >= 0.6 is 0 Å². The van der Waals surface area contributed by atoms with Gasteiger partial charge in [-0.2, -0.15) is 0 Å². The fourth-order valence-electron chi connectivity index (χ4n) is 0.918. The first-order valence-electron chi connectivity index (χ1n) is 4.99. The molecule has 13 heavy (non-hydrogen) atoms. The van der Waals surface area contributed by atoms with E-state index < -0.39 is 20.4 Å². The third-order valence-corrected chi connectivity index (χ3v) is 5.69. The molecule has 0 spiro atoms. The number of unbranched alkanes of at least 4 members (excludes halogenated alkanes) is 3. The Kier molecular flexibility index (Phi) is 9.62. The van der Waals surface area contributed by atoms with Crippen LogP contribution in [0.15, 0.2) is 0 Å². The first kappa shape index (κ1) is 13.6. The van der Waals surface area contributed by atoms with E-state index in [1.54, 1.807) is 0 Å². The number of hydrogen-bond donors (Lipinski definition) is 0. The molecule has 0 saturated heterocycles. The van der Waals surface area contributed by atoms with E-state index in [2.05, 4.69) is 13.8 Å². The molecular formula is C9H20O2S2. The van der Waals surface area contributed by atoms with Crippen molar-refractivity contribution in [2.45, 2.75) is 46.0 Å². The van der Waals surface area contributed by atoms with Gasteiger partial charge in [0.15, 0.2) is 31.9 Å². The maximum absolute atomic E-state index is 11.3. The molecule has 0 bridgehead atoms. The molecule has 0 N–H and O–H groups in total. The lowest BCUT2D eigenvalue weighted by atomic mass is 10.3. The van der Waals surface area contributed by atoms with Crippen LogP contribution in [0.1, 0.15) is 46.0 Å². The second-order valence-electron chi connectivity index (χ2n) is 3.08. The lowest BCUT2D eigenvalue weighted by Gasteiger charge is -2.11. The molecule has 2 unspecified atom stereocenters. The Morgan fingerprint density at radius 2 is 1.23 bits per heavy atom. The van der Waals surface area contributed by atoms with Crippen LogP contribution in [0, 0.1) is 0 Å². The molecule has 0 aliphatic rings. The lowest BCUT2D eigenvalue weighted by molar-refractivity contribution is 0.578. The smallest absolute Gasteiger partial charge is 0.170 e. The molecule has 0 aliphatic carbocycles. The van der Waals surface area contributed by atoms with Gasteiger partial charge in [-0.3, -0.25) is 0 Å². The van der Waals surface area contributed by atoms with E-state index in [4.69, 9.17) is 0 Å². The molecule has 2 atom stereocenters. The fraction of sp³-hybridized carbons (Fsp3) is 1.00. The van der Waals surface area contributed by atoms with Crippen LogP contribution in [0.5, 0.6) is 0 Å². The average Bonchev–Trinajstić information content (AvgIpc) is 2.14. The molecule has 0 heterocycles. The molecule has 0 saturated carbocycles. The van der Waals surface area contributed by atoms with Crippen LogP contribution in [0.2, 0.25) is 0 Å². The molecule has 0 aromatic carbocycles. The minimum absolute atomic E-state index is 0.606. The summed E-state index contributed by atoms with van der Waals surface area (Å²) in [5, 5.41) is 0. The second-order valence-corrected chi connectivity index (χ2v) is 7.34. The second kappa shape index (κ2) is 9.19. The molecule has 0 radical (unpaired) electrons. The van der Waals surface area contributed by atoms with Crippen LogP contribution in [0.3, 0.4) is 0 Å². The monoisotopic (exact) mass is 224 g/mol. The van der Waals surface area contributed by atoms with Crippen LogP contribution in [0.4, 0.5) is 0 Å². The Bertz CT molecular complexity index is 112. The fourth-order valence-corrected chi connectivity index (χ4v) is 4.08. The molecule has 0 aromatic heterocycles. The van der Waals surface area contributed by atoms with Gasteiger partial charge in [-0.25, -0.2) is 0 Å². The number of hydrogen-bond acceptors (Lipinski definition) is 2. The lowest BCUT2D eigenvalue weighted by Crippen LogP contribution is -2.21. The highest BCUT2D eigenvalue weighted by molar-refractivity contribution is 8.67. The zero-order valence-electron chi connectivity index (χ0n) is 8.58. The van der Waals surface area contributed by atoms with E-state index in [9.17, 15) is 9.11 Å². The van der Waals surface area contributed by atoms with Crippen molar-refractivity contribution >= 4 is 20.4 Å². The Labute approximate surface area is 87.2 Å². The summed E-state index contributed by atoms with van der Waals surface area (Å²) in [6.07, 6.45) is 5.11. The van der Waals surface area contributed by atoms with Crippen molar-refractivity contribution < 1.29 is 9.11 Å². The van der Waals surface area contributed by atoms with Crippen molar-refractivity contribution in [1.82, 2.24) is 0 Å². The van der Waals surface area contributed by atoms with Crippen molar-refractivity contribution in [1.29, 1.82) is 0 Å². The van der Waals surface area contributed by atoms with Gasteiger partial charge >= 0.3 is 0 Å². The van der Waals surface area contributed by atoms with E-state index in [0.717, 1.165) is 32.1 Å². The summed E-state index contributed by atoms with van der Waals surface area (Å²) in [7, 11) is -2.19. The van der Waals surface area contributed by atoms with Gasteiger partial charge in [0, 0.05) is 0 Å². The third-order valence-electron chi connectivity index (χ3n) is 1.79. The van der Waals surface area contributed by atoms with Gasteiger partial charge < -0.3 is 9.11 Å². The van der Waals surface area contributed by atoms with Gasteiger partial charge in [0.05, 0.1) is 0 Å². The van der Waals surface area contributed by atoms with E-state index in [1.807, 2.05) is 0 Å². The largest absolute Gasteiger partial charge is 0.571 e. The maximum atomic E-state index is 11.3. The Balaban J connectivity index is 3.38. The van der Waals surface area contributed by atoms with Crippen molar-refractivity contribution in [3.05, 3.63) is 0 Å². The Morgan fingerprint density at radius 1 is 0.769 bits per heavy atom. The van der Waals surface area contributed by atoms with Crippen LogP contribution in [0.25, 0.3) is 0 Å². The average molecular weight is 224 g/mol. The van der Waals surface area contributed by atoms with Crippen molar-refractivity contribution in [3.63, 3.8) is 0 Å². The first-order valence-corrected chi connectivity index (χ1v) is 8.15. The quantitative estimate of drug-likeness (QED) is 0.361. The Hall–Kier alpha value is 0.620. The highest BCUT2D eigenvalue weighted by Gasteiger charge is 2.22. The molecule has 2 nitrogen and oxygen atoms in total. The van der Waals surface area contributed by atoms with Gasteiger partial charge in [0.2, 0.25) is 0 Å². The number of rotatable bonds is 8. The van der Waals surface area contributed by atoms with Gasteiger partial charge in [-0.1, -0.05) is 26.7 Å². The minimum Gasteiger partial charge on any atom is -0.571 e. The summed E-state index contributed by atoms with van der Waals surface area (Å²) in [6.45, 7) is 4.16. The predicted molar refractivity (Wildman–Crippen MR) is 60.5 cm³/mol. The summed E-state index contributed by atoms with van der Waals surface area (Å²) in [6, 6.07) is 0. The van der Waals surface area contributed by atoms with Crippen molar-refractivity contribution in [2.75, 3.05) is 11.5 Å². The first-order chi connectivity index (χ1) is 6.22. The minimum atomic E-state index is -1.10. The normalized spacial score (nSPS) is 15.7. The molecule has 0 aliphatic heterocycles. The van der Waals surface area contributed by atoms with E-state index in [-0.39, 0.29) is 0 Å². The summed E-state index contributed by atoms with van der Waals surface area (Å²) in [4.78, 5) is 0. The van der Waals surface area contributed by atoms with Gasteiger partial charge in [-0.15, -0.1) is 0 Å². The maximum Gasteiger partial charge on any atom is 0.170 e. The molecule has 0 amide bonds. The van der Waals surface area contributed by atoms with E-state index >= 15 is 0 Å². The summed E-state index contributed by atoms with van der Waals surface area (Å²) in [5.41, 5.74) is 0. The van der Waals surface area contributed by atoms with Crippen LogP contribution < -0.4 is 0 Å². The molecule has 0 aromatic rings. The summed E-state index contributed by atoms with van der Waals surface area (Å²) < 4.78 is 22.6. The zero-order chi connectivity index (χ0) is 10.1. The highest BCUT2D eigenvalue weighted by Crippen LogP contribution is 2.10. The van der Waals surface area contributed by atoms with E-state index in [0.29, 0.717) is 11.5 Å². The molecule has 4 heteroatoms. The third kappa shape index (κ3) is 7.67. The van der Waals surface area contributed by atoms with Crippen molar-refractivity contribution in [3.8, 4) is 0 Å². The standard InChI is InChI=1S/C9H20O2S2/c1-3-5-7-9-13(11)12(10)8-6-4-2/h3-9H2,1-2H3. The molecule has 0 rings (SSSR count). The van der Waals surface area contributed by atoms with Crippen LogP contribution in [-0.2, 0) is 20.4 Å². The summed E-state index contributed by atoms with van der Waals surface area (Å²) in [5.74, 6) is 1.22. The SMILES string of the molecule is CCCCC[S+]([O-])[S+]([O-])CCCC. The molecule has 0 fully saturated rings. The molecular weight excluding hydrogens is 204 g/mol. The van der Waals surface area contributed by atoms with Crippen molar-refractivity contribution in [2.24, 2.45) is 0 Å². The predicted octanol–water partition coefficient (Wildman–Crippen LogP) is 2.39. The highest BCUT2D eigenvalue weighted by atomic mass is 33.2. The summed E-state index contributed by atoms with van der Waals surface area (Å²) >= 11 is 0. The molecule has 80 valence electrons.